The number of nitrogens with zero attached hydrogens (tertiary/aromatic N) is 2. The van der Waals surface area contributed by atoms with Crippen LogP contribution in [0, 0.1) is 0 Å². The lowest BCUT2D eigenvalue weighted by Gasteiger charge is -2.10. The number of unbranched alkanes of at least 4 members (excludes halogenated alkanes) is 1. The molecular formula is C14H17BrN4O. The maximum atomic E-state index is 12.1. The highest BCUT2D eigenvalue weighted by Crippen LogP contribution is 2.22. The minimum atomic E-state index is -0.132. The highest BCUT2D eigenvalue weighted by atomic mass is 79.9. The number of nitrogen functional groups attached to an aromatic ring is 1. The molecule has 0 radical (unpaired) electrons. The van der Waals surface area contributed by atoms with Crippen LogP contribution < -0.4 is 16.6 Å². The Labute approximate surface area is 125 Å². The highest BCUT2D eigenvalue weighted by Gasteiger charge is 2.08. The highest BCUT2D eigenvalue weighted by molar-refractivity contribution is 9.10. The topological polar surface area (TPSA) is 72.9 Å². The third-order valence-corrected chi connectivity index (χ3v) is 3.64. The molecule has 2 aromatic rings. The SMILES string of the molecule is CCCCn1ncc(Nc2cccc(N)c2)c(Br)c1=O. The molecule has 0 saturated carbocycles. The fourth-order valence-corrected chi connectivity index (χ4v) is 2.20. The molecule has 0 fully saturated rings. The van der Waals surface area contributed by atoms with E-state index < -0.39 is 0 Å². The zero-order valence-electron chi connectivity index (χ0n) is 11.3. The van der Waals surface area contributed by atoms with Gasteiger partial charge in [0.2, 0.25) is 0 Å². The molecule has 106 valence electrons. The van der Waals surface area contributed by atoms with E-state index in [-0.39, 0.29) is 5.56 Å². The quantitative estimate of drug-likeness (QED) is 0.822. The van der Waals surface area contributed by atoms with Gasteiger partial charge in [-0.3, -0.25) is 4.79 Å². The second-order valence-corrected chi connectivity index (χ2v) is 5.30. The molecule has 5 nitrogen and oxygen atoms in total. The van der Waals surface area contributed by atoms with Gasteiger partial charge in [-0.25, -0.2) is 4.68 Å². The van der Waals surface area contributed by atoms with E-state index in [2.05, 4.69) is 33.3 Å². The normalized spacial score (nSPS) is 10.5. The molecule has 3 N–H and O–H groups in total. The van der Waals surface area contributed by atoms with Gasteiger partial charge in [0.1, 0.15) is 4.47 Å². The van der Waals surface area contributed by atoms with Gasteiger partial charge in [-0.05, 0) is 40.5 Å². The van der Waals surface area contributed by atoms with Crippen molar-refractivity contribution in [1.29, 1.82) is 0 Å². The molecule has 0 bridgehead atoms. The lowest BCUT2D eigenvalue weighted by Crippen LogP contribution is -2.24. The fraction of sp³-hybridized carbons (Fsp3) is 0.286. The van der Waals surface area contributed by atoms with Crippen molar-refractivity contribution in [3.8, 4) is 0 Å². The van der Waals surface area contributed by atoms with E-state index in [0.29, 0.717) is 22.4 Å². The second kappa shape index (κ2) is 6.56. The maximum absolute atomic E-state index is 12.1. The smallest absolute Gasteiger partial charge is 0.283 e. The Bertz CT molecular complexity index is 654. The Morgan fingerprint density at radius 1 is 1.45 bits per heavy atom. The van der Waals surface area contributed by atoms with Crippen LogP contribution in [0.4, 0.5) is 17.1 Å². The number of hydrogen-bond acceptors (Lipinski definition) is 4. The summed E-state index contributed by atoms with van der Waals surface area (Å²) >= 11 is 3.33. The molecule has 0 amide bonds. The molecule has 1 aromatic carbocycles. The number of hydrogen-bond donors (Lipinski definition) is 2. The van der Waals surface area contributed by atoms with E-state index in [4.69, 9.17) is 5.73 Å². The molecule has 2 rings (SSSR count). The van der Waals surface area contributed by atoms with Gasteiger partial charge in [0.15, 0.2) is 0 Å². The van der Waals surface area contributed by atoms with Crippen molar-refractivity contribution in [1.82, 2.24) is 9.78 Å². The van der Waals surface area contributed by atoms with Crippen LogP contribution in [-0.4, -0.2) is 9.78 Å². The number of benzene rings is 1. The van der Waals surface area contributed by atoms with E-state index in [1.807, 2.05) is 12.1 Å². The van der Waals surface area contributed by atoms with Gasteiger partial charge in [0, 0.05) is 17.9 Å². The fourth-order valence-electron chi connectivity index (χ4n) is 1.79. The van der Waals surface area contributed by atoms with Crippen LogP contribution in [0.2, 0.25) is 0 Å². The Morgan fingerprint density at radius 3 is 2.95 bits per heavy atom. The van der Waals surface area contributed by atoms with Crippen LogP contribution in [0.15, 0.2) is 39.7 Å². The van der Waals surface area contributed by atoms with Crippen LogP contribution in [0.1, 0.15) is 19.8 Å². The Kier molecular flexibility index (Phi) is 4.79. The lowest BCUT2D eigenvalue weighted by molar-refractivity contribution is 0.541. The predicted octanol–water partition coefficient (Wildman–Crippen LogP) is 3.13. The van der Waals surface area contributed by atoms with Gasteiger partial charge in [-0.1, -0.05) is 19.4 Å². The van der Waals surface area contributed by atoms with Crippen LogP contribution in [0.3, 0.4) is 0 Å². The van der Waals surface area contributed by atoms with Crippen LogP contribution >= 0.6 is 15.9 Å². The van der Waals surface area contributed by atoms with E-state index in [1.165, 1.54) is 4.68 Å². The van der Waals surface area contributed by atoms with Crippen molar-refractivity contribution in [3.05, 3.63) is 45.3 Å². The van der Waals surface area contributed by atoms with Crippen LogP contribution in [-0.2, 0) is 6.54 Å². The molecule has 0 unspecified atom stereocenters. The molecule has 0 aliphatic carbocycles. The molecular weight excluding hydrogens is 320 g/mol. The number of aromatic nitrogens is 2. The average Bonchev–Trinajstić information content (AvgIpc) is 2.43. The van der Waals surface area contributed by atoms with Gasteiger partial charge in [-0.2, -0.15) is 5.10 Å². The summed E-state index contributed by atoms with van der Waals surface area (Å²) in [6.45, 7) is 2.71. The van der Waals surface area contributed by atoms with Crippen LogP contribution in [0.5, 0.6) is 0 Å². The summed E-state index contributed by atoms with van der Waals surface area (Å²) in [5.41, 5.74) is 7.71. The molecule has 6 heteroatoms. The third-order valence-electron chi connectivity index (χ3n) is 2.87. The van der Waals surface area contributed by atoms with Gasteiger partial charge in [-0.15, -0.1) is 0 Å². The number of rotatable bonds is 5. The Hall–Kier alpha value is -1.82. The Balaban J connectivity index is 2.25. The summed E-state index contributed by atoms with van der Waals surface area (Å²) < 4.78 is 1.95. The number of nitrogens with one attached hydrogen (secondary N) is 1. The van der Waals surface area contributed by atoms with Gasteiger partial charge < -0.3 is 11.1 Å². The molecule has 0 aliphatic heterocycles. The first kappa shape index (κ1) is 14.6. The first-order chi connectivity index (χ1) is 9.61. The summed E-state index contributed by atoms with van der Waals surface area (Å²) in [5, 5.41) is 7.31. The zero-order chi connectivity index (χ0) is 14.5. The standard InChI is InChI=1S/C14H17BrN4O/c1-2-3-7-19-14(20)13(15)12(9-17-19)18-11-6-4-5-10(16)8-11/h4-6,8-9,18H,2-3,7,16H2,1H3. The van der Waals surface area contributed by atoms with E-state index in [9.17, 15) is 4.79 Å². The number of nitrogens with two attached hydrogens (primary N) is 1. The zero-order valence-corrected chi connectivity index (χ0v) is 12.9. The largest absolute Gasteiger partial charge is 0.399 e. The summed E-state index contributed by atoms with van der Waals surface area (Å²) in [6.07, 6.45) is 3.60. The first-order valence-electron chi connectivity index (χ1n) is 6.50. The lowest BCUT2D eigenvalue weighted by atomic mass is 10.3. The van der Waals surface area contributed by atoms with E-state index in [1.54, 1.807) is 18.3 Å². The van der Waals surface area contributed by atoms with E-state index >= 15 is 0 Å². The first-order valence-corrected chi connectivity index (χ1v) is 7.29. The molecule has 20 heavy (non-hydrogen) atoms. The summed E-state index contributed by atoms with van der Waals surface area (Å²) in [5.74, 6) is 0. The maximum Gasteiger partial charge on any atom is 0.283 e. The monoisotopic (exact) mass is 336 g/mol. The number of aryl methyl sites for hydroxylation is 1. The van der Waals surface area contributed by atoms with Crippen molar-refractivity contribution < 1.29 is 0 Å². The third kappa shape index (κ3) is 3.39. The van der Waals surface area contributed by atoms with Crippen LogP contribution in [0.25, 0.3) is 0 Å². The molecule has 0 aliphatic rings. The predicted molar refractivity (Wildman–Crippen MR) is 85.2 cm³/mol. The molecule has 0 saturated heterocycles. The Morgan fingerprint density at radius 2 is 2.25 bits per heavy atom. The van der Waals surface area contributed by atoms with Crippen molar-refractivity contribution in [2.75, 3.05) is 11.1 Å². The van der Waals surface area contributed by atoms with Gasteiger partial charge >= 0.3 is 0 Å². The van der Waals surface area contributed by atoms with Gasteiger partial charge in [0.25, 0.3) is 5.56 Å². The minimum absolute atomic E-state index is 0.132. The van der Waals surface area contributed by atoms with Crippen molar-refractivity contribution >= 4 is 33.0 Å². The second-order valence-electron chi connectivity index (χ2n) is 4.50. The van der Waals surface area contributed by atoms with Crippen molar-refractivity contribution in [3.63, 3.8) is 0 Å². The van der Waals surface area contributed by atoms with Gasteiger partial charge in [0.05, 0.1) is 11.9 Å². The number of anilines is 3. The molecule has 0 atom stereocenters. The summed E-state index contributed by atoms with van der Waals surface area (Å²) in [6, 6.07) is 7.34. The molecule has 1 heterocycles. The molecule has 0 spiro atoms. The van der Waals surface area contributed by atoms with Crippen molar-refractivity contribution in [2.45, 2.75) is 26.3 Å². The number of halogens is 1. The minimum Gasteiger partial charge on any atom is -0.399 e. The average molecular weight is 337 g/mol. The van der Waals surface area contributed by atoms with Crippen molar-refractivity contribution in [2.24, 2.45) is 0 Å². The summed E-state index contributed by atoms with van der Waals surface area (Å²) in [7, 11) is 0. The summed E-state index contributed by atoms with van der Waals surface area (Å²) in [4.78, 5) is 12.1. The molecule has 1 aromatic heterocycles. The van der Waals surface area contributed by atoms with E-state index in [0.717, 1.165) is 18.5 Å².